The Balaban J connectivity index is 1.56. The van der Waals surface area contributed by atoms with Crippen LogP contribution >= 0.6 is 0 Å². The number of carbonyl (C=O) groups is 2. The van der Waals surface area contributed by atoms with Crippen molar-refractivity contribution in [3.05, 3.63) is 42.4 Å². The fraction of sp³-hybridized carbons (Fsp3) is 0.478. The number of benzene rings is 1. The maximum absolute atomic E-state index is 13.2. The second kappa shape index (κ2) is 9.96. The molecule has 3 heterocycles. The highest BCUT2D eigenvalue weighted by molar-refractivity contribution is 7.89. The van der Waals surface area contributed by atoms with Crippen molar-refractivity contribution in [1.82, 2.24) is 9.21 Å². The summed E-state index contributed by atoms with van der Waals surface area (Å²) in [5.74, 6) is -0.274. The molecule has 1 aromatic carbocycles. The smallest absolute Gasteiger partial charge is 0.290 e. The summed E-state index contributed by atoms with van der Waals surface area (Å²) < 4.78 is 38.5. The van der Waals surface area contributed by atoms with Gasteiger partial charge < -0.3 is 19.4 Å². The van der Waals surface area contributed by atoms with Gasteiger partial charge in [0, 0.05) is 25.3 Å². The molecule has 0 aliphatic carbocycles. The van der Waals surface area contributed by atoms with Crippen LogP contribution in [0.15, 0.2) is 45.9 Å². The van der Waals surface area contributed by atoms with Crippen LogP contribution in [0.1, 0.15) is 49.1 Å². The van der Waals surface area contributed by atoms with E-state index in [0.717, 1.165) is 32.1 Å². The Bertz CT molecular complexity index is 1090. The molecule has 0 bridgehead atoms. The first-order valence-electron chi connectivity index (χ1n) is 11.3. The predicted octanol–water partition coefficient (Wildman–Crippen LogP) is 3.10. The van der Waals surface area contributed by atoms with Crippen LogP contribution < -0.4 is 10.1 Å². The zero-order valence-electron chi connectivity index (χ0n) is 18.7. The van der Waals surface area contributed by atoms with Crippen LogP contribution in [0.3, 0.4) is 0 Å². The van der Waals surface area contributed by atoms with E-state index in [0.29, 0.717) is 31.7 Å². The highest BCUT2D eigenvalue weighted by Gasteiger charge is 2.34. The number of carbonyl (C=O) groups excluding carboxylic acids is 2. The van der Waals surface area contributed by atoms with Crippen molar-refractivity contribution in [3.8, 4) is 5.75 Å². The number of nitrogens with zero attached hydrogens (tertiary/aromatic N) is 2. The van der Waals surface area contributed by atoms with E-state index in [2.05, 4.69) is 5.32 Å². The quantitative estimate of drug-likeness (QED) is 0.688. The lowest BCUT2D eigenvalue weighted by atomic mass is 10.0. The first-order chi connectivity index (χ1) is 15.9. The number of ether oxygens (including phenoxy) is 1. The lowest BCUT2D eigenvalue weighted by Gasteiger charge is -2.34. The van der Waals surface area contributed by atoms with Crippen molar-refractivity contribution in [3.63, 3.8) is 0 Å². The van der Waals surface area contributed by atoms with E-state index < -0.39 is 16.1 Å². The normalized spacial score (nSPS) is 19.8. The van der Waals surface area contributed by atoms with E-state index in [1.807, 2.05) is 0 Å². The number of nitrogens with one attached hydrogen (secondary N) is 1. The summed E-state index contributed by atoms with van der Waals surface area (Å²) in [6.07, 6.45) is 6.21. The van der Waals surface area contributed by atoms with E-state index >= 15 is 0 Å². The molecule has 1 N–H and O–H groups in total. The van der Waals surface area contributed by atoms with Crippen LogP contribution in [-0.4, -0.2) is 62.2 Å². The van der Waals surface area contributed by atoms with Crippen LogP contribution in [0.4, 0.5) is 5.69 Å². The topological polar surface area (TPSA) is 109 Å². The highest BCUT2D eigenvalue weighted by atomic mass is 32.2. The molecule has 1 aromatic heterocycles. The Hall–Kier alpha value is -2.85. The molecule has 9 nitrogen and oxygen atoms in total. The van der Waals surface area contributed by atoms with Gasteiger partial charge in [-0.1, -0.05) is 6.42 Å². The van der Waals surface area contributed by atoms with Crippen molar-refractivity contribution in [2.24, 2.45) is 0 Å². The van der Waals surface area contributed by atoms with Crippen LogP contribution in [0.5, 0.6) is 5.75 Å². The minimum atomic E-state index is -3.76. The van der Waals surface area contributed by atoms with Gasteiger partial charge in [0.25, 0.3) is 5.91 Å². The fourth-order valence-corrected chi connectivity index (χ4v) is 6.11. The van der Waals surface area contributed by atoms with E-state index in [4.69, 9.17) is 9.15 Å². The molecule has 33 heavy (non-hydrogen) atoms. The van der Waals surface area contributed by atoms with E-state index in [1.165, 1.54) is 28.6 Å². The molecule has 10 heteroatoms. The van der Waals surface area contributed by atoms with Crippen molar-refractivity contribution < 1.29 is 27.2 Å². The molecular weight excluding hydrogens is 446 g/mol. The summed E-state index contributed by atoms with van der Waals surface area (Å²) in [4.78, 5) is 27.5. The molecule has 178 valence electrons. The van der Waals surface area contributed by atoms with E-state index in [1.54, 1.807) is 24.3 Å². The molecule has 4 rings (SSSR count). The van der Waals surface area contributed by atoms with Crippen molar-refractivity contribution in [1.29, 1.82) is 0 Å². The Morgan fingerprint density at radius 1 is 1.06 bits per heavy atom. The molecule has 1 atom stereocenters. The molecule has 2 aliphatic heterocycles. The molecule has 2 aromatic rings. The minimum Gasteiger partial charge on any atom is -0.495 e. The van der Waals surface area contributed by atoms with Gasteiger partial charge in [0.05, 0.1) is 13.4 Å². The first kappa shape index (κ1) is 23.3. The number of piperidine rings is 2. The number of hydrogen-bond donors (Lipinski definition) is 1. The summed E-state index contributed by atoms with van der Waals surface area (Å²) in [5.41, 5.74) is 0.340. The van der Waals surface area contributed by atoms with Gasteiger partial charge in [-0.2, -0.15) is 4.31 Å². The van der Waals surface area contributed by atoms with Gasteiger partial charge in [-0.05, 0) is 62.4 Å². The third-order valence-electron chi connectivity index (χ3n) is 6.16. The SMILES string of the molecule is COc1ccc(NC(=O)C2CCCCN2C(=O)c2ccco2)cc1S(=O)(=O)N1CCCCC1. The standard InChI is InChI=1S/C23H29N3O6S/c1-31-19-11-10-17(16-21(19)33(29,30)25-12-4-2-5-13-25)24-22(27)18-8-3-6-14-26(18)23(28)20-9-7-15-32-20/h7,9-11,15-16,18H,2-6,8,12-14H2,1H3,(H,24,27). The molecule has 0 saturated carbocycles. The lowest BCUT2D eigenvalue weighted by molar-refractivity contribution is -0.121. The second-order valence-electron chi connectivity index (χ2n) is 8.31. The number of sulfonamides is 1. The lowest BCUT2D eigenvalue weighted by Crippen LogP contribution is -2.49. The first-order valence-corrected chi connectivity index (χ1v) is 12.7. The maximum Gasteiger partial charge on any atom is 0.290 e. The number of likely N-dealkylation sites (tertiary alicyclic amines) is 1. The van der Waals surface area contributed by atoms with Gasteiger partial charge >= 0.3 is 0 Å². The third-order valence-corrected chi connectivity index (χ3v) is 8.08. The minimum absolute atomic E-state index is 0.0249. The average molecular weight is 476 g/mol. The Labute approximate surface area is 193 Å². The monoisotopic (exact) mass is 475 g/mol. The van der Waals surface area contributed by atoms with Crippen LogP contribution in [0, 0.1) is 0 Å². The van der Waals surface area contributed by atoms with Gasteiger partial charge in [-0.15, -0.1) is 0 Å². The van der Waals surface area contributed by atoms with Crippen LogP contribution in [0.2, 0.25) is 0 Å². The van der Waals surface area contributed by atoms with Gasteiger partial charge in [0.1, 0.15) is 16.7 Å². The van der Waals surface area contributed by atoms with Gasteiger partial charge in [-0.3, -0.25) is 9.59 Å². The number of amides is 2. The van der Waals surface area contributed by atoms with Gasteiger partial charge in [0.2, 0.25) is 15.9 Å². The Morgan fingerprint density at radius 2 is 1.82 bits per heavy atom. The molecule has 2 aliphatic rings. The molecule has 0 radical (unpaired) electrons. The van der Waals surface area contributed by atoms with Crippen molar-refractivity contribution in [2.45, 2.75) is 49.5 Å². The summed E-state index contributed by atoms with van der Waals surface area (Å²) in [6, 6.07) is 7.12. The fourth-order valence-electron chi connectivity index (χ4n) is 4.41. The largest absolute Gasteiger partial charge is 0.495 e. The average Bonchev–Trinajstić information content (AvgIpc) is 3.39. The zero-order valence-corrected chi connectivity index (χ0v) is 19.5. The summed E-state index contributed by atoms with van der Waals surface area (Å²) >= 11 is 0. The molecule has 0 spiro atoms. The third kappa shape index (κ3) is 4.91. The summed E-state index contributed by atoms with van der Waals surface area (Å²) in [6.45, 7) is 1.39. The van der Waals surface area contributed by atoms with Crippen molar-refractivity contribution >= 4 is 27.5 Å². The van der Waals surface area contributed by atoms with Gasteiger partial charge in [-0.25, -0.2) is 8.42 Å². The number of anilines is 1. The van der Waals surface area contributed by atoms with Gasteiger partial charge in [0.15, 0.2) is 5.76 Å². The number of rotatable bonds is 6. The molecule has 2 saturated heterocycles. The Kier molecular flexibility index (Phi) is 7.04. The number of methoxy groups -OCH3 is 1. The number of furan rings is 1. The van der Waals surface area contributed by atoms with Crippen LogP contribution in [0.25, 0.3) is 0 Å². The molecule has 1 unspecified atom stereocenters. The predicted molar refractivity (Wildman–Crippen MR) is 122 cm³/mol. The number of hydrogen-bond acceptors (Lipinski definition) is 6. The molecular formula is C23H29N3O6S. The zero-order chi connectivity index (χ0) is 23.4. The van der Waals surface area contributed by atoms with E-state index in [-0.39, 0.29) is 28.2 Å². The maximum atomic E-state index is 13.2. The summed E-state index contributed by atoms with van der Waals surface area (Å²) in [5, 5.41) is 2.81. The molecule has 2 amide bonds. The van der Waals surface area contributed by atoms with Crippen molar-refractivity contribution in [2.75, 3.05) is 32.1 Å². The van der Waals surface area contributed by atoms with E-state index in [9.17, 15) is 18.0 Å². The van der Waals surface area contributed by atoms with Crippen LogP contribution in [-0.2, 0) is 14.8 Å². The highest BCUT2D eigenvalue weighted by Crippen LogP contribution is 2.31. The second-order valence-corrected chi connectivity index (χ2v) is 10.2. The Morgan fingerprint density at radius 3 is 2.52 bits per heavy atom. The summed E-state index contributed by atoms with van der Waals surface area (Å²) in [7, 11) is -2.34. The molecule has 2 fully saturated rings.